The fraction of sp³-hybridized carbons (Fsp3) is 0. The topological polar surface area (TPSA) is 49.7 Å². The molecule has 0 aromatic heterocycles. The van der Waals surface area contributed by atoms with E-state index in [9.17, 15) is 10.0 Å². The smallest absolute Gasteiger partial charge is 0.506 e. The van der Waals surface area contributed by atoms with E-state index in [4.69, 9.17) is 0 Å². The fourth-order valence-corrected chi connectivity index (χ4v) is 1.34. The molecule has 3 nitrogen and oxygen atoms in total. The molecule has 0 fully saturated rings. The Bertz CT molecular complexity index is 471. The number of nitrogens with zero attached hydrogens (tertiary/aromatic N) is 1. The molecule has 1 radical (unpaired) electrons. The van der Waals surface area contributed by atoms with Gasteiger partial charge >= 0.3 is 17.1 Å². The van der Waals surface area contributed by atoms with Gasteiger partial charge in [0.2, 0.25) is 0 Å². The van der Waals surface area contributed by atoms with Gasteiger partial charge in [-0.2, -0.15) is 0 Å². The Balaban J connectivity index is 0.000000980. The van der Waals surface area contributed by atoms with Crippen LogP contribution in [0.1, 0.15) is 0 Å². The molecule has 0 aliphatic rings. The van der Waals surface area contributed by atoms with Gasteiger partial charge in [0.1, 0.15) is 5.75 Å². The van der Waals surface area contributed by atoms with Gasteiger partial charge in [-0.1, -0.05) is 30.3 Å². The SMILES string of the molecule is O=Nc1c(O)ccc2ccccc12.[Cu+2]. The monoisotopic (exact) mass is 236 g/mol. The van der Waals surface area contributed by atoms with Crippen molar-refractivity contribution >= 4 is 16.5 Å². The summed E-state index contributed by atoms with van der Waals surface area (Å²) in [5, 5.41) is 13.7. The van der Waals surface area contributed by atoms with Crippen LogP contribution in [0.3, 0.4) is 0 Å². The molecule has 1 N–H and O–H groups in total. The van der Waals surface area contributed by atoms with Crippen molar-refractivity contribution in [1.29, 1.82) is 0 Å². The van der Waals surface area contributed by atoms with Gasteiger partial charge in [-0.25, -0.2) is 0 Å². The Morgan fingerprint density at radius 3 is 2.50 bits per heavy atom. The van der Waals surface area contributed by atoms with E-state index in [0.717, 1.165) is 5.39 Å². The maximum Gasteiger partial charge on any atom is 2.00 e. The molecule has 14 heavy (non-hydrogen) atoms. The minimum atomic E-state index is -0.0753. The average molecular weight is 237 g/mol. The Hall–Kier alpha value is -1.38. The first-order valence-electron chi connectivity index (χ1n) is 3.87. The second kappa shape index (κ2) is 4.22. The number of hydrogen-bond donors (Lipinski definition) is 1. The number of hydrogen-bond acceptors (Lipinski definition) is 3. The number of phenols is 1. The number of aromatic hydroxyl groups is 1. The van der Waals surface area contributed by atoms with Crippen LogP contribution in [0.2, 0.25) is 0 Å². The summed E-state index contributed by atoms with van der Waals surface area (Å²) in [6, 6.07) is 10.5. The van der Waals surface area contributed by atoms with Gasteiger partial charge in [0.25, 0.3) is 0 Å². The van der Waals surface area contributed by atoms with Gasteiger partial charge in [-0.3, -0.25) is 0 Å². The van der Waals surface area contributed by atoms with E-state index in [0.29, 0.717) is 5.39 Å². The normalized spacial score (nSPS) is 9.43. The molecule has 0 saturated heterocycles. The number of phenolic OH excluding ortho intramolecular Hbond substituents is 1. The third-order valence-corrected chi connectivity index (χ3v) is 1.97. The quantitative estimate of drug-likeness (QED) is 0.611. The molecule has 73 valence electrons. The largest absolute Gasteiger partial charge is 2.00 e. The van der Waals surface area contributed by atoms with Gasteiger partial charge in [-0.05, 0) is 16.6 Å². The second-order valence-electron chi connectivity index (χ2n) is 2.75. The summed E-state index contributed by atoms with van der Waals surface area (Å²) < 4.78 is 0. The van der Waals surface area contributed by atoms with Crippen molar-refractivity contribution in [2.45, 2.75) is 0 Å². The maximum absolute atomic E-state index is 10.4. The molecule has 0 aliphatic carbocycles. The number of benzene rings is 2. The minimum Gasteiger partial charge on any atom is -0.506 e. The third kappa shape index (κ3) is 1.62. The zero-order valence-electron chi connectivity index (χ0n) is 7.07. The standard InChI is InChI=1S/C10H7NO2.Cu/c12-9-6-5-7-3-1-2-4-8(7)10(9)11-13;/h1-6,12H;/q;+2. The molecule has 4 heteroatoms. The molecule has 0 unspecified atom stereocenters. The van der Waals surface area contributed by atoms with E-state index in [2.05, 4.69) is 5.18 Å². The summed E-state index contributed by atoms with van der Waals surface area (Å²) in [5.41, 5.74) is 0.109. The average Bonchev–Trinajstić information content (AvgIpc) is 2.18. The second-order valence-corrected chi connectivity index (χ2v) is 2.75. The maximum atomic E-state index is 10.4. The van der Waals surface area contributed by atoms with Crippen LogP contribution in [0.5, 0.6) is 5.75 Å². The van der Waals surface area contributed by atoms with Crippen LogP contribution >= 0.6 is 0 Å². The predicted octanol–water partition coefficient (Wildman–Crippen LogP) is 2.94. The molecule has 0 amide bonds. The van der Waals surface area contributed by atoms with Gasteiger partial charge in [0.15, 0.2) is 5.69 Å². The zero-order valence-corrected chi connectivity index (χ0v) is 8.01. The summed E-state index contributed by atoms with van der Waals surface area (Å²) in [4.78, 5) is 10.4. The van der Waals surface area contributed by atoms with Gasteiger partial charge in [0, 0.05) is 5.39 Å². The minimum absolute atomic E-state index is 0. The Morgan fingerprint density at radius 2 is 1.79 bits per heavy atom. The van der Waals surface area contributed by atoms with Crippen LogP contribution in [0, 0.1) is 4.91 Å². The molecule has 0 atom stereocenters. The van der Waals surface area contributed by atoms with Crippen molar-refractivity contribution in [3.63, 3.8) is 0 Å². The number of fused-ring (bicyclic) bond motifs is 1. The number of nitroso groups, excluding NO2 is 1. The molecule has 2 aromatic carbocycles. The van der Waals surface area contributed by atoms with Crippen LogP contribution in [-0.2, 0) is 17.1 Å². The van der Waals surface area contributed by atoms with E-state index in [-0.39, 0.29) is 28.5 Å². The summed E-state index contributed by atoms with van der Waals surface area (Å²) >= 11 is 0. The van der Waals surface area contributed by atoms with Crippen molar-refractivity contribution in [3.05, 3.63) is 41.3 Å². The molecule has 0 bridgehead atoms. The molecule has 0 saturated carbocycles. The molecule has 2 rings (SSSR count). The molecule has 0 spiro atoms. The van der Waals surface area contributed by atoms with Crippen molar-refractivity contribution in [3.8, 4) is 5.75 Å². The first-order valence-corrected chi connectivity index (χ1v) is 3.87. The zero-order chi connectivity index (χ0) is 9.26. The van der Waals surface area contributed by atoms with E-state index >= 15 is 0 Å². The van der Waals surface area contributed by atoms with Crippen molar-refractivity contribution in [1.82, 2.24) is 0 Å². The summed E-state index contributed by atoms with van der Waals surface area (Å²) in [7, 11) is 0. The van der Waals surface area contributed by atoms with E-state index < -0.39 is 0 Å². The van der Waals surface area contributed by atoms with Crippen molar-refractivity contribution in [2.75, 3.05) is 0 Å². The Labute approximate surface area is 91.2 Å². The first-order chi connectivity index (χ1) is 6.33. The Morgan fingerprint density at radius 1 is 1.07 bits per heavy atom. The molecule has 2 aromatic rings. The van der Waals surface area contributed by atoms with E-state index in [1.165, 1.54) is 6.07 Å². The summed E-state index contributed by atoms with van der Waals surface area (Å²) in [6.07, 6.45) is 0. The van der Waals surface area contributed by atoms with E-state index in [1.807, 2.05) is 12.1 Å². The van der Waals surface area contributed by atoms with Gasteiger partial charge in [-0.15, -0.1) is 4.91 Å². The predicted molar refractivity (Wildman–Crippen MR) is 51.1 cm³/mol. The molecular weight excluding hydrogens is 230 g/mol. The molecule has 0 aliphatic heterocycles. The first kappa shape index (κ1) is 10.7. The fourth-order valence-electron chi connectivity index (χ4n) is 1.34. The van der Waals surface area contributed by atoms with Crippen LogP contribution in [0.4, 0.5) is 5.69 Å². The summed E-state index contributed by atoms with van der Waals surface area (Å²) in [5.74, 6) is -0.0753. The summed E-state index contributed by atoms with van der Waals surface area (Å²) in [6.45, 7) is 0. The van der Waals surface area contributed by atoms with Gasteiger partial charge < -0.3 is 5.11 Å². The van der Waals surface area contributed by atoms with Crippen LogP contribution in [0.15, 0.2) is 41.6 Å². The van der Waals surface area contributed by atoms with Crippen LogP contribution in [0.25, 0.3) is 10.8 Å². The van der Waals surface area contributed by atoms with Crippen LogP contribution in [-0.4, -0.2) is 5.11 Å². The van der Waals surface area contributed by atoms with Crippen molar-refractivity contribution < 1.29 is 22.2 Å². The molecule has 0 heterocycles. The van der Waals surface area contributed by atoms with Crippen LogP contribution < -0.4 is 0 Å². The Kier molecular flexibility index (Phi) is 3.23. The van der Waals surface area contributed by atoms with E-state index in [1.54, 1.807) is 18.2 Å². The molecular formula is C10H7CuNO2+2. The van der Waals surface area contributed by atoms with Crippen molar-refractivity contribution in [2.24, 2.45) is 5.18 Å². The van der Waals surface area contributed by atoms with Gasteiger partial charge in [0.05, 0.1) is 0 Å². The number of rotatable bonds is 1. The third-order valence-electron chi connectivity index (χ3n) is 1.97.